The van der Waals surface area contributed by atoms with E-state index in [4.69, 9.17) is 29.6 Å². The molecule has 3 N–H and O–H groups in total. The van der Waals surface area contributed by atoms with Crippen LogP contribution in [0.15, 0.2) is 18.2 Å². The number of hydrogen-bond acceptors (Lipinski definition) is 2. The second-order valence-electron chi connectivity index (χ2n) is 4.32. The van der Waals surface area contributed by atoms with Crippen molar-refractivity contribution in [3.05, 3.63) is 28.8 Å². The minimum atomic E-state index is 0.405. The largest absolute Gasteiger partial charge is 0.389 e. The molecule has 0 radical (unpaired) electrons. The van der Waals surface area contributed by atoms with Crippen LogP contribution in [0.5, 0.6) is 0 Å². The zero-order chi connectivity index (χ0) is 11.7. The van der Waals surface area contributed by atoms with Gasteiger partial charge in [0.1, 0.15) is 4.99 Å². The Bertz CT molecular complexity index is 415. The molecule has 0 aromatic heterocycles. The highest BCUT2D eigenvalue weighted by molar-refractivity contribution is 7.80. The van der Waals surface area contributed by atoms with E-state index in [-0.39, 0.29) is 0 Å². The number of rotatable bonds is 4. The molecular formula is C12H15ClN2S. The molecule has 1 aromatic carbocycles. The van der Waals surface area contributed by atoms with Gasteiger partial charge < -0.3 is 11.1 Å². The molecule has 2 nitrogen and oxygen atoms in total. The Morgan fingerprint density at radius 1 is 1.56 bits per heavy atom. The summed E-state index contributed by atoms with van der Waals surface area (Å²) in [5.74, 6) is 0.776. The molecule has 0 heterocycles. The van der Waals surface area contributed by atoms with Crippen LogP contribution in [0.1, 0.15) is 25.3 Å². The summed E-state index contributed by atoms with van der Waals surface area (Å²) in [7, 11) is 0. The molecule has 16 heavy (non-hydrogen) atoms. The molecular weight excluding hydrogens is 240 g/mol. The zero-order valence-electron chi connectivity index (χ0n) is 9.16. The molecule has 1 unspecified atom stereocenters. The summed E-state index contributed by atoms with van der Waals surface area (Å²) >= 11 is 11.0. The maximum atomic E-state index is 5.98. The lowest BCUT2D eigenvalue weighted by Gasteiger charge is -2.17. The van der Waals surface area contributed by atoms with Gasteiger partial charge in [-0.05, 0) is 43.9 Å². The van der Waals surface area contributed by atoms with E-state index >= 15 is 0 Å². The van der Waals surface area contributed by atoms with Crippen LogP contribution in [-0.2, 0) is 0 Å². The van der Waals surface area contributed by atoms with Gasteiger partial charge >= 0.3 is 0 Å². The molecule has 1 fully saturated rings. The molecule has 4 heteroatoms. The summed E-state index contributed by atoms with van der Waals surface area (Å²) in [6, 6.07) is 6.01. The topological polar surface area (TPSA) is 38.0 Å². The van der Waals surface area contributed by atoms with Crippen molar-refractivity contribution in [2.75, 3.05) is 5.32 Å². The van der Waals surface area contributed by atoms with Crippen LogP contribution in [0.2, 0.25) is 5.02 Å². The third-order valence-electron chi connectivity index (χ3n) is 2.96. The summed E-state index contributed by atoms with van der Waals surface area (Å²) < 4.78 is 0. The van der Waals surface area contributed by atoms with Crippen molar-refractivity contribution >= 4 is 34.5 Å². The first-order valence-electron chi connectivity index (χ1n) is 5.44. The Kier molecular flexibility index (Phi) is 3.36. The van der Waals surface area contributed by atoms with Crippen molar-refractivity contribution < 1.29 is 0 Å². The van der Waals surface area contributed by atoms with Gasteiger partial charge in [-0.15, -0.1) is 0 Å². The van der Waals surface area contributed by atoms with Crippen molar-refractivity contribution in [1.29, 1.82) is 0 Å². The Morgan fingerprint density at radius 2 is 2.25 bits per heavy atom. The van der Waals surface area contributed by atoms with E-state index in [0.717, 1.165) is 17.2 Å². The van der Waals surface area contributed by atoms with Gasteiger partial charge in [0, 0.05) is 22.3 Å². The average molecular weight is 255 g/mol. The molecule has 0 saturated heterocycles. The Morgan fingerprint density at radius 3 is 2.81 bits per heavy atom. The summed E-state index contributed by atoms with van der Waals surface area (Å²) in [4.78, 5) is 0.405. The standard InChI is InChI=1S/C12H15ClN2S/c1-7(8-2-3-8)15-11-6-9(13)4-5-10(11)12(14)16/h4-8,15H,2-3H2,1H3,(H2,14,16). The summed E-state index contributed by atoms with van der Waals surface area (Å²) in [5, 5.41) is 4.14. The molecule has 1 aliphatic rings. The number of hydrogen-bond donors (Lipinski definition) is 2. The van der Waals surface area contributed by atoms with Gasteiger partial charge in [0.25, 0.3) is 0 Å². The maximum absolute atomic E-state index is 5.98. The van der Waals surface area contributed by atoms with Crippen LogP contribution >= 0.6 is 23.8 Å². The lowest BCUT2D eigenvalue weighted by atomic mass is 10.1. The van der Waals surface area contributed by atoms with E-state index in [1.165, 1.54) is 12.8 Å². The Balaban J connectivity index is 2.22. The second kappa shape index (κ2) is 4.60. The van der Waals surface area contributed by atoms with Crippen LogP contribution < -0.4 is 11.1 Å². The van der Waals surface area contributed by atoms with E-state index in [9.17, 15) is 0 Å². The van der Waals surface area contributed by atoms with Gasteiger partial charge in [-0.1, -0.05) is 23.8 Å². The van der Waals surface area contributed by atoms with E-state index in [2.05, 4.69) is 12.2 Å². The number of benzene rings is 1. The third-order valence-corrected chi connectivity index (χ3v) is 3.41. The fraction of sp³-hybridized carbons (Fsp3) is 0.417. The monoisotopic (exact) mass is 254 g/mol. The van der Waals surface area contributed by atoms with Crippen LogP contribution in [-0.4, -0.2) is 11.0 Å². The molecule has 1 atom stereocenters. The van der Waals surface area contributed by atoms with Gasteiger partial charge in [-0.3, -0.25) is 0 Å². The second-order valence-corrected chi connectivity index (χ2v) is 5.20. The van der Waals surface area contributed by atoms with Crippen molar-refractivity contribution in [3.63, 3.8) is 0 Å². The fourth-order valence-corrected chi connectivity index (χ4v) is 2.16. The number of anilines is 1. The molecule has 0 amide bonds. The van der Waals surface area contributed by atoms with Crippen LogP contribution in [0.25, 0.3) is 0 Å². The minimum absolute atomic E-state index is 0.405. The molecule has 0 spiro atoms. The first-order valence-corrected chi connectivity index (χ1v) is 6.22. The first-order chi connectivity index (χ1) is 7.58. The lowest BCUT2D eigenvalue weighted by Crippen LogP contribution is -2.20. The van der Waals surface area contributed by atoms with Gasteiger partial charge in [-0.25, -0.2) is 0 Å². The average Bonchev–Trinajstić information content (AvgIpc) is 2.99. The van der Waals surface area contributed by atoms with E-state index in [1.807, 2.05) is 18.2 Å². The normalized spacial score (nSPS) is 16.9. The van der Waals surface area contributed by atoms with E-state index in [0.29, 0.717) is 16.1 Å². The van der Waals surface area contributed by atoms with Gasteiger partial charge in [-0.2, -0.15) is 0 Å². The molecule has 0 bridgehead atoms. The lowest BCUT2D eigenvalue weighted by molar-refractivity contribution is 0.694. The fourth-order valence-electron chi connectivity index (χ4n) is 1.81. The highest BCUT2D eigenvalue weighted by atomic mass is 35.5. The van der Waals surface area contributed by atoms with Gasteiger partial charge in [0.15, 0.2) is 0 Å². The van der Waals surface area contributed by atoms with E-state index < -0.39 is 0 Å². The third kappa shape index (κ3) is 2.66. The van der Waals surface area contributed by atoms with Gasteiger partial charge in [0.05, 0.1) is 0 Å². The Hall–Kier alpha value is -0.800. The molecule has 86 valence electrons. The quantitative estimate of drug-likeness (QED) is 0.811. The summed E-state index contributed by atoms with van der Waals surface area (Å²) in [6.45, 7) is 2.18. The SMILES string of the molecule is CC(Nc1cc(Cl)ccc1C(N)=S)C1CC1. The van der Waals surface area contributed by atoms with Crippen LogP contribution in [0.4, 0.5) is 5.69 Å². The Labute approximate surface area is 106 Å². The van der Waals surface area contributed by atoms with E-state index in [1.54, 1.807) is 0 Å². The molecule has 1 aromatic rings. The van der Waals surface area contributed by atoms with Crippen LogP contribution in [0.3, 0.4) is 0 Å². The van der Waals surface area contributed by atoms with Crippen molar-refractivity contribution in [1.82, 2.24) is 0 Å². The zero-order valence-corrected chi connectivity index (χ0v) is 10.7. The smallest absolute Gasteiger partial charge is 0.106 e. The highest BCUT2D eigenvalue weighted by Gasteiger charge is 2.28. The molecule has 0 aliphatic heterocycles. The van der Waals surface area contributed by atoms with Gasteiger partial charge in [0.2, 0.25) is 0 Å². The highest BCUT2D eigenvalue weighted by Crippen LogP contribution is 2.34. The number of thiocarbonyl (C=S) groups is 1. The first kappa shape index (κ1) is 11.7. The van der Waals surface area contributed by atoms with Crippen LogP contribution in [0, 0.1) is 5.92 Å². The molecule has 1 aliphatic carbocycles. The number of halogens is 1. The van der Waals surface area contributed by atoms with Crippen molar-refractivity contribution in [2.24, 2.45) is 11.7 Å². The number of nitrogens with two attached hydrogens (primary N) is 1. The minimum Gasteiger partial charge on any atom is -0.389 e. The predicted molar refractivity (Wildman–Crippen MR) is 73.1 cm³/mol. The number of nitrogens with one attached hydrogen (secondary N) is 1. The molecule has 1 saturated carbocycles. The molecule has 2 rings (SSSR count). The predicted octanol–water partition coefficient (Wildman–Crippen LogP) is 3.18. The summed E-state index contributed by atoms with van der Waals surface area (Å²) in [6.07, 6.45) is 2.61. The maximum Gasteiger partial charge on any atom is 0.106 e. The van der Waals surface area contributed by atoms with Crippen molar-refractivity contribution in [3.8, 4) is 0 Å². The summed E-state index contributed by atoms with van der Waals surface area (Å²) in [5.41, 5.74) is 7.49. The van der Waals surface area contributed by atoms with Crippen molar-refractivity contribution in [2.45, 2.75) is 25.8 Å².